The number of carbonyl (C=O) groups is 1. The molecule has 4 heteroatoms. The predicted octanol–water partition coefficient (Wildman–Crippen LogP) is 4.87. The highest BCUT2D eigenvalue weighted by atomic mass is 35.5. The summed E-state index contributed by atoms with van der Waals surface area (Å²) >= 11 is 6.00. The minimum absolute atomic E-state index is 0.0709. The first-order chi connectivity index (χ1) is 10.6. The molecule has 0 fully saturated rings. The molecule has 2 aromatic rings. The second-order valence-corrected chi connectivity index (χ2v) is 5.57. The van der Waals surface area contributed by atoms with Crippen molar-refractivity contribution in [1.29, 1.82) is 0 Å². The molecular formula is C18H20ClNO2. The fraction of sp³-hybridized carbons (Fsp3) is 0.278. The van der Waals surface area contributed by atoms with Crippen molar-refractivity contribution in [2.45, 2.75) is 26.2 Å². The molecular weight excluding hydrogens is 298 g/mol. The van der Waals surface area contributed by atoms with Gasteiger partial charge in [0.1, 0.15) is 5.75 Å². The second kappa shape index (κ2) is 7.85. The molecule has 0 saturated carbocycles. The number of amides is 1. The summed E-state index contributed by atoms with van der Waals surface area (Å²) < 4.78 is 5.45. The molecule has 0 aromatic heterocycles. The van der Waals surface area contributed by atoms with E-state index in [0.29, 0.717) is 16.7 Å². The molecule has 0 heterocycles. The van der Waals surface area contributed by atoms with E-state index in [2.05, 4.69) is 19.2 Å². The first kappa shape index (κ1) is 16.4. The maximum atomic E-state index is 12.1. The van der Waals surface area contributed by atoms with Crippen molar-refractivity contribution >= 4 is 23.2 Å². The van der Waals surface area contributed by atoms with Gasteiger partial charge in [0, 0.05) is 5.69 Å². The van der Waals surface area contributed by atoms with E-state index >= 15 is 0 Å². The summed E-state index contributed by atoms with van der Waals surface area (Å²) in [5, 5.41) is 3.40. The molecule has 0 saturated heterocycles. The molecule has 116 valence electrons. The zero-order valence-electron chi connectivity index (χ0n) is 12.8. The van der Waals surface area contributed by atoms with Gasteiger partial charge in [-0.3, -0.25) is 4.79 Å². The molecule has 0 aliphatic heterocycles. The van der Waals surface area contributed by atoms with E-state index in [-0.39, 0.29) is 12.5 Å². The molecule has 1 atom stereocenters. The summed E-state index contributed by atoms with van der Waals surface area (Å²) in [5.74, 6) is 0.700. The van der Waals surface area contributed by atoms with Crippen LogP contribution in [-0.4, -0.2) is 12.5 Å². The number of carbonyl (C=O) groups excluding carboxylic acids is 1. The standard InChI is InChI=1S/C18H20ClNO2/c1-3-13(2)14-8-4-6-10-16(14)20-18(21)12-22-17-11-7-5-9-15(17)19/h4-11,13H,3,12H2,1-2H3,(H,20,21)/t13-/m0/s1. The van der Waals surface area contributed by atoms with Gasteiger partial charge in [-0.2, -0.15) is 0 Å². The van der Waals surface area contributed by atoms with Crippen LogP contribution in [0.5, 0.6) is 5.75 Å². The summed E-state index contributed by atoms with van der Waals surface area (Å²) in [7, 11) is 0. The topological polar surface area (TPSA) is 38.3 Å². The Morgan fingerprint density at radius 1 is 1.18 bits per heavy atom. The maximum absolute atomic E-state index is 12.1. The van der Waals surface area contributed by atoms with Crippen LogP contribution in [0.15, 0.2) is 48.5 Å². The molecule has 0 bridgehead atoms. The van der Waals surface area contributed by atoms with Gasteiger partial charge in [0.05, 0.1) is 5.02 Å². The monoisotopic (exact) mass is 317 g/mol. The number of hydrogen-bond donors (Lipinski definition) is 1. The van der Waals surface area contributed by atoms with Gasteiger partial charge in [0.25, 0.3) is 5.91 Å². The lowest BCUT2D eigenvalue weighted by Gasteiger charge is -2.16. The molecule has 2 rings (SSSR count). The maximum Gasteiger partial charge on any atom is 0.262 e. The number of ether oxygens (including phenoxy) is 1. The van der Waals surface area contributed by atoms with Crippen molar-refractivity contribution in [1.82, 2.24) is 0 Å². The Balaban J connectivity index is 1.99. The van der Waals surface area contributed by atoms with Gasteiger partial charge in [0.2, 0.25) is 0 Å². The molecule has 0 aliphatic rings. The van der Waals surface area contributed by atoms with Gasteiger partial charge >= 0.3 is 0 Å². The lowest BCUT2D eigenvalue weighted by molar-refractivity contribution is -0.118. The second-order valence-electron chi connectivity index (χ2n) is 5.16. The van der Waals surface area contributed by atoms with E-state index in [9.17, 15) is 4.79 Å². The number of para-hydroxylation sites is 2. The molecule has 0 unspecified atom stereocenters. The minimum Gasteiger partial charge on any atom is -0.482 e. The van der Waals surface area contributed by atoms with E-state index < -0.39 is 0 Å². The van der Waals surface area contributed by atoms with Crippen molar-refractivity contribution in [2.24, 2.45) is 0 Å². The van der Waals surface area contributed by atoms with Crippen molar-refractivity contribution in [3.05, 3.63) is 59.1 Å². The first-order valence-corrected chi connectivity index (χ1v) is 7.75. The van der Waals surface area contributed by atoms with Crippen molar-refractivity contribution in [2.75, 3.05) is 11.9 Å². The van der Waals surface area contributed by atoms with Gasteiger partial charge in [-0.25, -0.2) is 0 Å². The normalized spacial score (nSPS) is 11.8. The first-order valence-electron chi connectivity index (χ1n) is 7.38. The molecule has 1 N–H and O–H groups in total. The lowest BCUT2D eigenvalue weighted by Crippen LogP contribution is -2.21. The Morgan fingerprint density at radius 3 is 2.59 bits per heavy atom. The van der Waals surface area contributed by atoms with Crippen LogP contribution < -0.4 is 10.1 Å². The van der Waals surface area contributed by atoms with Gasteiger partial charge in [-0.1, -0.05) is 55.8 Å². The highest BCUT2D eigenvalue weighted by Crippen LogP contribution is 2.27. The number of hydrogen-bond acceptors (Lipinski definition) is 2. The van der Waals surface area contributed by atoms with Crippen LogP contribution in [0.25, 0.3) is 0 Å². The zero-order valence-corrected chi connectivity index (χ0v) is 13.6. The predicted molar refractivity (Wildman–Crippen MR) is 90.7 cm³/mol. The van der Waals surface area contributed by atoms with Gasteiger partial charge in [0.15, 0.2) is 6.61 Å². The Labute approximate surface area is 136 Å². The number of nitrogens with one attached hydrogen (secondary N) is 1. The molecule has 2 aromatic carbocycles. The van der Waals surface area contributed by atoms with Crippen LogP contribution in [0.1, 0.15) is 31.7 Å². The number of rotatable bonds is 6. The largest absolute Gasteiger partial charge is 0.482 e. The molecule has 22 heavy (non-hydrogen) atoms. The van der Waals surface area contributed by atoms with E-state index in [1.54, 1.807) is 12.1 Å². The number of halogens is 1. The van der Waals surface area contributed by atoms with Crippen LogP contribution in [-0.2, 0) is 4.79 Å². The fourth-order valence-electron chi connectivity index (χ4n) is 2.15. The van der Waals surface area contributed by atoms with Crippen molar-refractivity contribution in [3.63, 3.8) is 0 Å². The number of benzene rings is 2. The highest BCUT2D eigenvalue weighted by molar-refractivity contribution is 6.32. The highest BCUT2D eigenvalue weighted by Gasteiger charge is 2.11. The lowest BCUT2D eigenvalue weighted by atomic mass is 9.97. The SMILES string of the molecule is CC[C@H](C)c1ccccc1NC(=O)COc1ccccc1Cl. The Hall–Kier alpha value is -2.00. The Kier molecular flexibility index (Phi) is 5.84. The summed E-state index contributed by atoms with van der Waals surface area (Å²) in [5.41, 5.74) is 1.97. The van der Waals surface area contributed by atoms with Gasteiger partial charge in [-0.15, -0.1) is 0 Å². The number of anilines is 1. The van der Waals surface area contributed by atoms with Crippen molar-refractivity contribution in [3.8, 4) is 5.75 Å². The smallest absolute Gasteiger partial charge is 0.262 e. The average Bonchev–Trinajstić information content (AvgIpc) is 2.54. The van der Waals surface area contributed by atoms with E-state index in [0.717, 1.165) is 17.7 Å². The summed E-state index contributed by atoms with van der Waals surface area (Å²) in [4.78, 5) is 12.1. The average molecular weight is 318 g/mol. The van der Waals surface area contributed by atoms with E-state index in [1.165, 1.54) is 0 Å². The summed E-state index contributed by atoms with van der Waals surface area (Å²) in [6.45, 7) is 4.20. The molecule has 0 spiro atoms. The van der Waals surface area contributed by atoms with Gasteiger partial charge < -0.3 is 10.1 Å². The third-order valence-corrected chi connectivity index (χ3v) is 3.89. The van der Waals surface area contributed by atoms with Crippen LogP contribution in [0.3, 0.4) is 0 Å². The van der Waals surface area contributed by atoms with E-state index in [4.69, 9.17) is 16.3 Å². The van der Waals surface area contributed by atoms with Crippen LogP contribution in [0.4, 0.5) is 5.69 Å². The van der Waals surface area contributed by atoms with Crippen LogP contribution in [0, 0.1) is 0 Å². The van der Waals surface area contributed by atoms with Crippen LogP contribution >= 0.6 is 11.6 Å². The quantitative estimate of drug-likeness (QED) is 0.825. The summed E-state index contributed by atoms with van der Waals surface area (Å²) in [6.07, 6.45) is 1.02. The molecule has 1 amide bonds. The van der Waals surface area contributed by atoms with Gasteiger partial charge in [-0.05, 0) is 36.1 Å². The third kappa shape index (κ3) is 4.25. The molecule has 0 aliphatic carbocycles. The van der Waals surface area contributed by atoms with E-state index in [1.807, 2.05) is 36.4 Å². The minimum atomic E-state index is -0.198. The zero-order chi connectivity index (χ0) is 15.9. The summed E-state index contributed by atoms with van der Waals surface area (Å²) in [6, 6.07) is 15.0. The fourth-order valence-corrected chi connectivity index (χ4v) is 2.34. The third-order valence-electron chi connectivity index (χ3n) is 3.57. The molecule has 3 nitrogen and oxygen atoms in total. The Morgan fingerprint density at radius 2 is 1.86 bits per heavy atom. The van der Waals surface area contributed by atoms with Crippen molar-refractivity contribution < 1.29 is 9.53 Å². The Bertz CT molecular complexity index is 642. The molecule has 0 radical (unpaired) electrons. The van der Waals surface area contributed by atoms with Crippen LogP contribution in [0.2, 0.25) is 5.02 Å².